The Morgan fingerprint density at radius 3 is 2.33 bits per heavy atom. The molecule has 2 aromatic rings. The standard InChI is InChI=1S/C20H19N5O2/c1-3-13-26-18-11-7-5-9-16(18)22-24-20(15-21)25-23-17-10-6-8-12-19(17)27-14-4-2/h3-12,22H,1-2,13-14H2/b24-20-,25-23?. The molecule has 0 aliphatic heterocycles. The predicted octanol–water partition coefficient (Wildman–Crippen LogP) is 4.85. The number of para-hydroxylation sites is 3. The predicted molar refractivity (Wildman–Crippen MR) is 105 cm³/mol. The van der Waals surface area contributed by atoms with Crippen molar-refractivity contribution in [2.45, 2.75) is 0 Å². The van der Waals surface area contributed by atoms with Crippen LogP contribution in [0.1, 0.15) is 0 Å². The van der Waals surface area contributed by atoms with Gasteiger partial charge in [0.1, 0.15) is 36.5 Å². The normalized spacial score (nSPS) is 10.9. The van der Waals surface area contributed by atoms with E-state index in [1.807, 2.05) is 24.3 Å². The molecular weight excluding hydrogens is 342 g/mol. The molecule has 0 aliphatic rings. The Hall–Kier alpha value is -3.92. The van der Waals surface area contributed by atoms with E-state index in [1.54, 1.807) is 42.5 Å². The van der Waals surface area contributed by atoms with E-state index in [4.69, 9.17) is 9.47 Å². The average Bonchev–Trinajstić information content (AvgIpc) is 2.72. The van der Waals surface area contributed by atoms with Gasteiger partial charge in [0.2, 0.25) is 0 Å². The van der Waals surface area contributed by atoms with Crippen LogP contribution in [-0.4, -0.2) is 19.0 Å². The SMILES string of the molecule is C=CCOc1ccccc1N=N/C(C#N)=N\Nc1ccccc1OCC=C. The number of hydrazone groups is 1. The van der Waals surface area contributed by atoms with E-state index in [-0.39, 0.29) is 5.84 Å². The number of anilines is 1. The molecule has 0 heterocycles. The van der Waals surface area contributed by atoms with Crippen LogP contribution in [0, 0.1) is 11.3 Å². The number of amidine groups is 1. The van der Waals surface area contributed by atoms with E-state index in [2.05, 4.69) is 33.9 Å². The van der Waals surface area contributed by atoms with Crippen LogP contribution in [0.15, 0.2) is 89.2 Å². The van der Waals surface area contributed by atoms with Crippen LogP contribution in [-0.2, 0) is 0 Å². The van der Waals surface area contributed by atoms with Crippen molar-refractivity contribution in [3.05, 3.63) is 73.8 Å². The third-order valence-corrected chi connectivity index (χ3v) is 3.10. The van der Waals surface area contributed by atoms with Crippen LogP contribution >= 0.6 is 0 Å². The lowest BCUT2D eigenvalue weighted by Gasteiger charge is -2.08. The maximum Gasteiger partial charge on any atom is 0.270 e. The highest BCUT2D eigenvalue weighted by atomic mass is 16.5. The van der Waals surface area contributed by atoms with Crippen molar-refractivity contribution in [2.75, 3.05) is 18.6 Å². The van der Waals surface area contributed by atoms with Gasteiger partial charge in [-0.3, -0.25) is 5.43 Å². The quantitative estimate of drug-likeness (QED) is 0.227. The fourth-order valence-electron chi connectivity index (χ4n) is 1.93. The molecule has 0 aromatic heterocycles. The minimum absolute atomic E-state index is 0.146. The van der Waals surface area contributed by atoms with Crippen LogP contribution in [0.4, 0.5) is 11.4 Å². The fraction of sp³-hybridized carbons (Fsp3) is 0.100. The van der Waals surface area contributed by atoms with Gasteiger partial charge in [0.05, 0.1) is 5.69 Å². The molecule has 136 valence electrons. The fourth-order valence-corrected chi connectivity index (χ4v) is 1.93. The van der Waals surface area contributed by atoms with Gasteiger partial charge in [0.25, 0.3) is 5.84 Å². The van der Waals surface area contributed by atoms with E-state index in [0.29, 0.717) is 36.1 Å². The van der Waals surface area contributed by atoms with Gasteiger partial charge >= 0.3 is 0 Å². The zero-order valence-electron chi connectivity index (χ0n) is 14.7. The molecule has 0 amide bonds. The Labute approximate surface area is 158 Å². The van der Waals surface area contributed by atoms with Crippen molar-refractivity contribution in [3.8, 4) is 17.6 Å². The minimum atomic E-state index is -0.146. The van der Waals surface area contributed by atoms with Crippen LogP contribution in [0.5, 0.6) is 11.5 Å². The molecule has 0 bridgehead atoms. The Morgan fingerprint density at radius 2 is 1.63 bits per heavy atom. The highest BCUT2D eigenvalue weighted by molar-refractivity contribution is 5.97. The molecule has 2 rings (SSSR count). The number of ether oxygens (including phenoxy) is 2. The number of benzene rings is 2. The molecule has 0 fully saturated rings. The molecule has 0 unspecified atom stereocenters. The Morgan fingerprint density at radius 1 is 1.00 bits per heavy atom. The highest BCUT2D eigenvalue weighted by Gasteiger charge is 2.04. The summed E-state index contributed by atoms with van der Waals surface area (Å²) in [4.78, 5) is 0. The first-order valence-corrected chi connectivity index (χ1v) is 8.09. The molecule has 27 heavy (non-hydrogen) atoms. The zero-order chi connectivity index (χ0) is 19.3. The van der Waals surface area contributed by atoms with E-state index in [9.17, 15) is 5.26 Å². The van der Waals surface area contributed by atoms with Gasteiger partial charge in [0.15, 0.2) is 0 Å². The maximum atomic E-state index is 9.24. The molecule has 0 saturated heterocycles. The topological polar surface area (TPSA) is 91.4 Å². The van der Waals surface area contributed by atoms with E-state index in [0.717, 1.165) is 0 Å². The third kappa shape index (κ3) is 6.14. The van der Waals surface area contributed by atoms with Crippen LogP contribution in [0.2, 0.25) is 0 Å². The number of nitriles is 1. The average molecular weight is 361 g/mol. The summed E-state index contributed by atoms with van der Waals surface area (Å²) in [7, 11) is 0. The monoisotopic (exact) mass is 361 g/mol. The summed E-state index contributed by atoms with van der Waals surface area (Å²) >= 11 is 0. The van der Waals surface area contributed by atoms with E-state index in [1.165, 1.54) is 0 Å². The second-order valence-corrected chi connectivity index (χ2v) is 5.02. The lowest BCUT2D eigenvalue weighted by Crippen LogP contribution is -2.00. The van der Waals surface area contributed by atoms with Gasteiger partial charge in [-0.15, -0.1) is 15.3 Å². The van der Waals surface area contributed by atoms with Gasteiger partial charge in [-0.25, -0.2) is 0 Å². The minimum Gasteiger partial charge on any atom is -0.487 e. The first-order valence-electron chi connectivity index (χ1n) is 8.09. The molecule has 0 spiro atoms. The van der Waals surface area contributed by atoms with Crippen molar-refractivity contribution in [2.24, 2.45) is 15.3 Å². The molecular formula is C20H19N5O2. The van der Waals surface area contributed by atoms with Crippen molar-refractivity contribution >= 4 is 17.2 Å². The van der Waals surface area contributed by atoms with Crippen molar-refractivity contribution in [1.29, 1.82) is 5.26 Å². The Balaban J connectivity index is 2.14. The van der Waals surface area contributed by atoms with Gasteiger partial charge in [-0.05, 0) is 24.3 Å². The summed E-state index contributed by atoms with van der Waals surface area (Å²) in [5.41, 5.74) is 3.84. The van der Waals surface area contributed by atoms with E-state index >= 15 is 0 Å². The summed E-state index contributed by atoms with van der Waals surface area (Å²) in [6, 6.07) is 16.2. The molecule has 0 atom stereocenters. The largest absolute Gasteiger partial charge is 0.487 e. The molecule has 1 N–H and O–H groups in total. The van der Waals surface area contributed by atoms with Crippen molar-refractivity contribution in [1.82, 2.24) is 0 Å². The Bertz CT molecular complexity index is 884. The van der Waals surface area contributed by atoms with Crippen molar-refractivity contribution in [3.63, 3.8) is 0 Å². The molecule has 0 aliphatic carbocycles. The number of rotatable bonds is 9. The number of hydrogen-bond acceptors (Lipinski definition) is 6. The number of nitrogens with one attached hydrogen (secondary N) is 1. The molecule has 0 radical (unpaired) electrons. The lowest BCUT2D eigenvalue weighted by atomic mass is 10.3. The molecule has 7 nitrogen and oxygen atoms in total. The first-order chi connectivity index (χ1) is 13.3. The first kappa shape index (κ1) is 19.4. The van der Waals surface area contributed by atoms with Crippen molar-refractivity contribution < 1.29 is 9.47 Å². The van der Waals surface area contributed by atoms with Crippen LogP contribution in [0.25, 0.3) is 0 Å². The Kier molecular flexibility index (Phi) is 7.79. The van der Waals surface area contributed by atoms with Gasteiger partial charge in [-0.1, -0.05) is 49.6 Å². The maximum absolute atomic E-state index is 9.24. The molecule has 7 heteroatoms. The summed E-state index contributed by atoms with van der Waals surface area (Å²) < 4.78 is 11.0. The van der Waals surface area contributed by atoms with Crippen LogP contribution in [0.3, 0.4) is 0 Å². The van der Waals surface area contributed by atoms with Crippen LogP contribution < -0.4 is 14.9 Å². The summed E-state index contributed by atoms with van der Waals surface area (Å²) in [5, 5.41) is 21.1. The number of nitrogens with zero attached hydrogens (tertiary/aromatic N) is 4. The highest BCUT2D eigenvalue weighted by Crippen LogP contribution is 2.27. The smallest absolute Gasteiger partial charge is 0.270 e. The van der Waals surface area contributed by atoms with Gasteiger partial charge < -0.3 is 9.47 Å². The third-order valence-electron chi connectivity index (χ3n) is 3.10. The van der Waals surface area contributed by atoms with Gasteiger partial charge in [0, 0.05) is 0 Å². The molecule has 2 aromatic carbocycles. The second-order valence-electron chi connectivity index (χ2n) is 5.02. The lowest BCUT2D eigenvalue weighted by molar-refractivity contribution is 0.364. The summed E-state index contributed by atoms with van der Waals surface area (Å²) in [5.74, 6) is 0.972. The number of hydrogen-bond donors (Lipinski definition) is 1. The summed E-state index contributed by atoms with van der Waals surface area (Å²) in [6.07, 6.45) is 3.27. The summed E-state index contributed by atoms with van der Waals surface area (Å²) in [6.45, 7) is 7.92. The zero-order valence-corrected chi connectivity index (χ0v) is 14.7. The molecule has 0 saturated carbocycles. The number of azo groups is 1. The second kappa shape index (κ2) is 10.8. The van der Waals surface area contributed by atoms with Gasteiger partial charge in [-0.2, -0.15) is 5.26 Å². The van der Waals surface area contributed by atoms with E-state index < -0.39 is 0 Å².